The molecule has 0 bridgehead atoms. The quantitative estimate of drug-likeness (QED) is 0.131. The molecule has 0 saturated carbocycles. The van der Waals surface area contributed by atoms with Crippen LogP contribution in [-0.2, 0) is 20.1 Å². The second-order valence-electron chi connectivity index (χ2n) is 12.2. The zero-order valence-corrected chi connectivity index (χ0v) is 30.6. The van der Waals surface area contributed by atoms with Gasteiger partial charge in [-0.05, 0) is 33.6 Å². The smallest absolute Gasteiger partial charge is 0 e. The summed E-state index contributed by atoms with van der Waals surface area (Å²) in [5.74, 6) is 6.73. The first-order chi connectivity index (χ1) is 22.8. The van der Waals surface area contributed by atoms with Crippen LogP contribution in [0.2, 0.25) is 17.3 Å². The van der Waals surface area contributed by atoms with E-state index in [0.29, 0.717) is 17.2 Å². The number of fused-ring (bicyclic) bond motifs is 4. The van der Waals surface area contributed by atoms with Crippen molar-refractivity contribution in [3.8, 4) is 33.6 Å². The van der Waals surface area contributed by atoms with E-state index >= 15 is 0 Å². The van der Waals surface area contributed by atoms with Crippen LogP contribution in [-0.4, -0.2) is 23.2 Å². The van der Waals surface area contributed by atoms with E-state index < -0.39 is 13.3 Å². The predicted octanol–water partition coefficient (Wildman–Crippen LogP) is 10.5. The summed E-state index contributed by atoms with van der Waals surface area (Å²) in [6, 6.07) is 43.3. The maximum Gasteiger partial charge on any atom is 0 e. The Labute approximate surface area is 291 Å². The van der Waals surface area contributed by atoms with Crippen molar-refractivity contribution in [2.24, 2.45) is 0 Å². The Kier molecular flexibility index (Phi) is 9.12. The van der Waals surface area contributed by atoms with E-state index in [1.165, 1.54) is 16.5 Å². The molecule has 8 rings (SSSR count). The summed E-state index contributed by atoms with van der Waals surface area (Å²) in [7, 11) is 0. The van der Waals surface area contributed by atoms with Crippen LogP contribution < -0.4 is 4.40 Å². The molecule has 0 aliphatic carbocycles. The predicted molar refractivity (Wildman–Crippen MR) is 190 cm³/mol. The number of pyridine rings is 2. The number of halogens is 1. The fourth-order valence-corrected chi connectivity index (χ4v) is 7.60. The maximum absolute atomic E-state index is 12.8. The summed E-state index contributed by atoms with van der Waals surface area (Å²) in [5.41, 5.74) is 6.48. The molecule has 0 unspecified atom stereocenters. The SMILES string of the molecule is [2H]c1c(-c2ccccc2)ccc2c1oc1c(-c3cc4ccccc4cn3)[c-]ccc12.[CH3][Ge]([CH3])([CH3])[c]1ccc(-c2[c-]cc(F)cc2)nc1.[Ir]. The van der Waals surface area contributed by atoms with Gasteiger partial charge in [0, 0.05) is 31.7 Å². The van der Waals surface area contributed by atoms with Crippen LogP contribution in [0, 0.1) is 17.9 Å². The average molecular weight is 853 g/mol. The van der Waals surface area contributed by atoms with Gasteiger partial charge in [-0.3, -0.25) is 0 Å². The third-order valence-corrected chi connectivity index (χ3v) is 12.3. The van der Waals surface area contributed by atoms with Gasteiger partial charge >= 0.3 is 104 Å². The zero-order valence-electron chi connectivity index (χ0n) is 27.1. The van der Waals surface area contributed by atoms with Crippen molar-refractivity contribution in [2.75, 3.05) is 0 Å². The second-order valence-corrected chi connectivity index (χ2v) is 22.9. The van der Waals surface area contributed by atoms with Gasteiger partial charge in [0.05, 0.1) is 6.95 Å². The van der Waals surface area contributed by atoms with Gasteiger partial charge in [-0.1, -0.05) is 83.7 Å². The molecular weight excluding hydrogens is 820 g/mol. The molecule has 0 aliphatic rings. The van der Waals surface area contributed by atoms with E-state index in [-0.39, 0.29) is 25.9 Å². The second kappa shape index (κ2) is 13.7. The van der Waals surface area contributed by atoms with Gasteiger partial charge in [0.1, 0.15) is 5.58 Å². The van der Waals surface area contributed by atoms with E-state index in [4.69, 9.17) is 5.79 Å². The van der Waals surface area contributed by atoms with Gasteiger partial charge in [0.25, 0.3) is 0 Å². The zero-order chi connectivity index (χ0) is 32.5. The molecule has 0 fully saturated rings. The number of hydrogen-bond donors (Lipinski definition) is 0. The first-order valence-electron chi connectivity index (χ1n) is 15.7. The van der Waals surface area contributed by atoms with Gasteiger partial charge in [-0.15, -0.1) is 18.2 Å². The van der Waals surface area contributed by atoms with Gasteiger partial charge in [-0.25, -0.2) is 0 Å². The Morgan fingerprint density at radius 2 is 1.49 bits per heavy atom. The minimum atomic E-state index is -1.79. The molecule has 8 aromatic rings. The number of furan rings is 1. The van der Waals surface area contributed by atoms with Gasteiger partial charge in [0.2, 0.25) is 0 Å². The molecule has 0 saturated heterocycles. The molecule has 47 heavy (non-hydrogen) atoms. The molecule has 3 nitrogen and oxygen atoms in total. The molecule has 0 N–H and O–H groups in total. The molecule has 0 aliphatic heterocycles. The minimum Gasteiger partial charge on any atom is 0 e. The summed E-state index contributed by atoms with van der Waals surface area (Å²) >= 11 is -1.79. The van der Waals surface area contributed by atoms with Crippen LogP contribution in [0.3, 0.4) is 0 Å². The van der Waals surface area contributed by atoms with E-state index in [2.05, 4.69) is 63.6 Å². The number of hydrogen-bond acceptors (Lipinski definition) is 3. The van der Waals surface area contributed by atoms with Crippen LogP contribution in [0.4, 0.5) is 4.39 Å². The Hall–Kier alpha value is -4.42. The third-order valence-electron chi connectivity index (χ3n) is 8.01. The monoisotopic (exact) mass is 854 g/mol. The van der Waals surface area contributed by atoms with Gasteiger partial charge in [-0.2, -0.15) is 0 Å². The number of aromatic nitrogens is 2. The molecule has 3 heterocycles. The van der Waals surface area contributed by atoms with Gasteiger partial charge < -0.3 is 9.40 Å². The van der Waals surface area contributed by atoms with Crippen LogP contribution in [0.5, 0.6) is 0 Å². The van der Waals surface area contributed by atoms with Crippen molar-refractivity contribution in [2.45, 2.75) is 17.3 Å². The van der Waals surface area contributed by atoms with Crippen molar-refractivity contribution < 1.29 is 30.3 Å². The fourth-order valence-electron chi connectivity index (χ4n) is 5.43. The van der Waals surface area contributed by atoms with Crippen molar-refractivity contribution in [1.82, 2.24) is 9.97 Å². The Bertz CT molecular complexity index is 2350. The Balaban J connectivity index is 0.000000191. The molecule has 0 atom stereocenters. The first-order valence-corrected chi connectivity index (χ1v) is 22.5. The van der Waals surface area contributed by atoms with Crippen LogP contribution in [0.15, 0.2) is 138 Å². The normalized spacial score (nSPS) is 11.5. The summed E-state index contributed by atoms with van der Waals surface area (Å²) in [4.78, 5) is 9.09. The van der Waals surface area contributed by atoms with Crippen molar-refractivity contribution in [1.29, 1.82) is 0 Å². The summed E-state index contributed by atoms with van der Waals surface area (Å²) in [6.45, 7) is 0. The van der Waals surface area contributed by atoms with Crippen LogP contribution in [0.1, 0.15) is 1.37 Å². The summed E-state index contributed by atoms with van der Waals surface area (Å²) < 4.78 is 29.2. The molecule has 1 radical (unpaired) electrons. The number of nitrogens with zero attached hydrogens (tertiary/aromatic N) is 2. The molecule has 5 aromatic carbocycles. The van der Waals surface area contributed by atoms with Gasteiger partial charge in [0.15, 0.2) is 0 Å². The largest absolute Gasteiger partial charge is 0 e. The molecule has 0 spiro atoms. The Morgan fingerprint density at radius 3 is 2.21 bits per heavy atom. The first kappa shape index (κ1) is 31.2. The molecular formula is C41H31FGeIrN2O-2. The standard InChI is InChI=1S/C27H16NO.C14H15FGeN.Ir/c1-2-7-18(8-3-1)20-13-14-22-23-11-6-12-24(27(23)29-26(22)16-20)25-15-19-9-4-5-10-21(19)17-28-25;1-16(2,3)13-8-9-14(17-10-13)11-4-6-12(15)7-5-11;/h1-11,13-17H;4,6-10H,1-3H3;/q2*-1;/i16D;;. The maximum atomic E-state index is 12.8. The molecule has 3 aromatic heterocycles. The Morgan fingerprint density at radius 1 is 0.723 bits per heavy atom. The van der Waals surface area contributed by atoms with Crippen LogP contribution in [0.25, 0.3) is 66.4 Å². The summed E-state index contributed by atoms with van der Waals surface area (Å²) in [6.07, 6.45) is 3.83. The average Bonchev–Trinajstić information content (AvgIpc) is 3.49. The van der Waals surface area contributed by atoms with E-state index in [9.17, 15) is 4.39 Å². The van der Waals surface area contributed by atoms with Crippen molar-refractivity contribution in [3.05, 3.63) is 152 Å². The minimum absolute atomic E-state index is 0. The number of benzene rings is 5. The molecule has 6 heteroatoms. The molecule has 233 valence electrons. The van der Waals surface area contributed by atoms with Crippen LogP contribution >= 0.6 is 0 Å². The summed E-state index contributed by atoms with van der Waals surface area (Å²) in [5, 5.41) is 4.13. The van der Waals surface area contributed by atoms with Crippen molar-refractivity contribution >= 4 is 50.4 Å². The fraction of sp³-hybridized carbons (Fsp3) is 0.0732. The number of rotatable bonds is 4. The molecule has 0 amide bonds. The topological polar surface area (TPSA) is 38.9 Å². The van der Waals surface area contributed by atoms with E-state index in [1.54, 1.807) is 6.07 Å². The van der Waals surface area contributed by atoms with Crippen molar-refractivity contribution in [3.63, 3.8) is 0 Å². The van der Waals surface area contributed by atoms with E-state index in [0.717, 1.165) is 55.2 Å². The van der Waals surface area contributed by atoms with E-state index in [1.807, 2.05) is 85.2 Å². The third kappa shape index (κ3) is 6.98.